The van der Waals surface area contributed by atoms with Gasteiger partial charge in [-0.1, -0.05) is 0 Å². The first-order valence-corrected chi connectivity index (χ1v) is 7.21. The Balaban J connectivity index is 2.37. The van der Waals surface area contributed by atoms with E-state index in [1.807, 2.05) is 24.7 Å². The van der Waals surface area contributed by atoms with Crippen molar-refractivity contribution in [2.45, 2.75) is 12.3 Å². The van der Waals surface area contributed by atoms with Crippen LogP contribution in [0.4, 0.5) is 4.39 Å². The van der Waals surface area contributed by atoms with E-state index >= 15 is 0 Å². The second-order valence-electron chi connectivity index (χ2n) is 4.55. The van der Waals surface area contributed by atoms with Gasteiger partial charge in [0, 0.05) is 19.3 Å². The Labute approximate surface area is 128 Å². The number of rotatable bonds is 2. The Kier molecular flexibility index (Phi) is 3.30. The van der Waals surface area contributed by atoms with Crippen LogP contribution < -0.4 is 0 Å². The van der Waals surface area contributed by atoms with Crippen LogP contribution in [0.5, 0.6) is 0 Å². The van der Waals surface area contributed by atoms with Gasteiger partial charge in [0.2, 0.25) is 0 Å². The highest BCUT2D eigenvalue weighted by Gasteiger charge is 2.18. The SMILES string of the molecule is CC(Cl)c1nc2cc(F)c(Br)cc2n1-c1cnn(C)c1. The van der Waals surface area contributed by atoms with Gasteiger partial charge in [0.15, 0.2) is 0 Å². The molecule has 0 saturated carbocycles. The number of aromatic nitrogens is 4. The number of benzene rings is 1. The third-order valence-electron chi connectivity index (χ3n) is 3.03. The summed E-state index contributed by atoms with van der Waals surface area (Å²) in [6.45, 7) is 1.83. The summed E-state index contributed by atoms with van der Waals surface area (Å²) in [5.74, 6) is 0.314. The van der Waals surface area contributed by atoms with Gasteiger partial charge in [0.05, 0.1) is 32.8 Å². The minimum atomic E-state index is -0.345. The highest BCUT2D eigenvalue weighted by Crippen LogP contribution is 2.30. The summed E-state index contributed by atoms with van der Waals surface area (Å²) in [6, 6.07) is 3.10. The zero-order valence-electron chi connectivity index (χ0n) is 10.8. The molecule has 0 radical (unpaired) electrons. The van der Waals surface area contributed by atoms with Gasteiger partial charge in [-0.3, -0.25) is 9.25 Å². The van der Waals surface area contributed by atoms with Crippen molar-refractivity contribution in [2.75, 3.05) is 0 Å². The first-order chi connectivity index (χ1) is 9.47. The molecule has 0 aliphatic rings. The lowest BCUT2D eigenvalue weighted by Gasteiger charge is -2.08. The predicted molar refractivity (Wildman–Crippen MR) is 79.8 cm³/mol. The van der Waals surface area contributed by atoms with Crippen LogP contribution in [0.2, 0.25) is 0 Å². The molecule has 0 spiro atoms. The smallest absolute Gasteiger partial charge is 0.139 e. The quantitative estimate of drug-likeness (QED) is 0.651. The average Bonchev–Trinajstić information content (AvgIpc) is 2.94. The number of imidazole rings is 1. The summed E-state index contributed by atoms with van der Waals surface area (Å²) in [4.78, 5) is 4.43. The van der Waals surface area contributed by atoms with Crippen molar-refractivity contribution in [3.05, 3.63) is 40.6 Å². The summed E-state index contributed by atoms with van der Waals surface area (Å²) < 4.78 is 17.6. The van der Waals surface area contributed by atoms with Gasteiger partial charge < -0.3 is 0 Å². The molecule has 3 aromatic rings. The lowest BCUT2D eigenvalue weighted by Crippen LogP contribution is -2.01. The predicted octanol–water partition coefficient (Wildman–Crippen LogP) is 3.96. The molecule has 1 unspecified atom stereocenters. The van der Waals surface area contributed by atoms with E-state index in [0.717, 1.165) is 11.2 Å². The van der Waals surface area contributed by atoms with Gasteiger partial charge in [-0.05, 0) is 28.9 Å². The molecule has 0 N–H and O–H groups in total. The van der Waals surface area contributed by atoms with Crippen LogP contribution in [-0.4, -0.2) is 19.3 Å². The summed E-state index contributed by atoms with van der Waals surface area (Å²) in [5.41, 5.74) is 2.20. The number of halogens is 3. The molecule has 3 rings (SSSR count). The van der Waals surface area contributed by atoms with Gasteiger partial charge in [0.25, 0.3) is 0 Å². The lowest BCUT2D eigenvalue weighted by molar-refractivity contribution is 0.623. The molecule has 2 heterocycles. The van der Waals surface area contributed by atoms with Crippen molar-refractivity contribution in [3.63, 3.8) is 0 Å². The normalized spacial score (nSPS) is 13.1. The molecule has 0 aliphatic heterocycles. The third-order valence-corrected chi connectivity index (χ3v) is 3.83. The number of aryl methyl sites for hydroxylation is 1. The number of hydrogen-bond donors (Lipinski definition) is 0. The van der Waals surface area contributed by atoms with Gasteiger partial charge in [-0.25, -0.2) is 9.37 Å². The zero-order valence-corrected chi connectivity index (χ0v) is 13.2. The van der Waals surface area contributed by atoms with E-state index < -0.39 is 0 Å². The van der Waals surface area contributed by atoms with Crippen LogP contribution >= 0.6 is 27.5 Å². The number of hydrogen-bond acceptors (Lipinski definition) is 2. The van der Waals surface area contributed by atoms with E-state index in [0.29, 0.717) is 15.8 Å². The second kappa shape index (κ2) is 4.86. The van der Waals surface area contributed by atoms with Crippen molar-refractivity contribution >= 4 is 38.6 Å². The van der Waals surface area contributed by atoms with Gasteiger partial charge in [-0.15, -0.1) is 11.6 Å². The van der Waals surface area contributed by atoms with E-state index in [4.69, 9.17) is 11.6 Å². The highest BCUT2D eigenvalue weighted by atomic mass is 79.9. The molecule has 104 valence electrons. The summed E-state index contributed by atoms with van der Waals surface area (Å²) in [6.07, 6.45) is 3.59. The van der Waals surface area contributed by atoms with Crippen LogP contribution in [0.3, 0.4) is 0 Å². The molecule has 0 aliphatic carbocycles. The fourth-order valence-electron chi connectivity index (χ4n) is 2.15. The molecule has 0 amide bonds. The summed E-state index contributed by atoms with van der Waals surface area (Å²) in [7, 11) is 1.84. The van der Waals surface area contributed by atoms with Crippen LogP contribution in [0.15, 0.2) is 29.0 Å². The molecule has 20 heavy (non-hydrogen) atoms. The largest absolute Gasteiger partial charge is 0.292 e. The Morgan fingerprint density at radius 3 is 2.75 bits per heavy atom. The van der Waals surface area contributed by atoms with Crippen LogP contribution in [0.1, 0.15) is 18.1 Å². The standard InChI is InChI=1S/C13H11BrClFN4/c1-7(15)13-18-11-4-10(16)9(14)3-12(11)20(13)8-5-17-19(2)6-8/h3-7H,1-2H3. The Bertz CT molecular complexity index is 793. The van der Waals surface area contributed by atoms with Crippen molar-refractivity contribution in [2.24, 2.45) is 7.05 Å². The van der Waals surface area contributed by atoms with Gasteiger partial charge in [0.1, 0.15) is 11.6 Å². The van der Waals surface area contributed by atoms with E-state index in [2.05, 4.69) is 26.0 Å². The molecule has 4 nitrogen and oxygen atoms in total. The topological polar surface area (TPSA) is 35.6 Å². The highest BCUT2D eigenvalue weighted by molar-refractivity contribution is 9.10. The van der Waals surface area contributed by atoms with E-state index in [1.165, 1.54) is 6.07 Å². The average molecular weight is 358 g/mol. The van der Waals surface area contributed by atoms with Crippen molar-refractivity contribution in [3.8, 4) is 5.69 Å². The van der Waals surface area contributed by atoms with E-state index in [-0.39, 0.29) is 11.2 Å². The van der Waals surface area contributed by atoms with Crippen LogP contribution in [-0.2, 0) is 7.05 Å². The molecule has 1 atom stereocenters. The monoisotopic (exact) mass is 356 g/mol. The fourth-order valence-corrected chi connectivity index (χ4v) is 2.63. The molecule has 2 aromatic heterocycles. The van der Waals surface area contributed by atoms with E-state index in [1.54, 1.807) is 16.9 Å². The second-order valence-corrected chi connectivity index (χ2v) is 6.06. The van der Waals surface area contributed by atoms with Gasteiger partial charge in [-0.2, -0.15) is 5.10 Å². The third kappa shape index (κ3) is 2.13. The fraction of sp³-hybridized carbons (Fsp3) is 0.231. The molecule has 0 fully saturated rings. The maximum Gasteiger partial charge on any atom is 0.139 e. The minimum Gasteiger partial charge on any atom is -0.292 e. The maximum atomic E-state index is 13.7. The zero-order chi connectivity index (χ0) is 14.4. The van der Waals surface area contributed by atoms with E-state index in [9.17, 15) is 4.39 Å². The van der Waals surface area contributed by atoms with Crippen molar-refractivity contribution in [1.82, 2.24) is 19.3 Å². The van der Waals surface area contributed by atoms with Gasteiger partial charge >= 0.3 is 0 Å². The molecule has 7 heteroatoms. The Morgan fingerprint density at radius 1 is 1.40 bits per heavy atom. The van der Waals surface area contributed by atoms with Crippen molar-refractivity contribution < 1.29 is 4.39 Å². The molecular formula is C13H11BrClFN4. The summed E-state index contributed by atoms with van der Waals surface area (Å²) in [5, 5.41) is 3.86. The minimum absolute atomic E-state index is 0.301. The Hall–Kier alpha value is -1.40. The molecule has 0 saturated heterocycles. The first-order valence-electron chi connectivity index (χ1n) is 5.98. The molecular weight excluding hydrogens is 347 g/mol. The van der Waals surface area contributed by atoms with Crippen molar-refractivity contribution in [1.29, 1.82) is 0 Å². The Morgan fingerprint density at radius 2 is 2.15 bits per heavy atom. The van der Waals surface area contributed by atoms with Crippen LogP contribution in [0.25, 0.3) is 16.7 Å². The number of fused-ring (bicyclic) bond motifs is 1. The number of nitrogens with zero attached hydrogens (tertiary/aromatic N) is 4. The number of alkyl halides is 1. The summed E-state index contributed by atoms with van der Waals surface area (Å²) >= 11 is 9.40. The molecule has 1 aromatic carbocycles. The molecule has 0 bridgehead atoms. The lowest BCUT2D eigenvalue weighted by atomic mass is 10.3. The maximum absolute atomic E-state index is 13.7. The van der Waals surface area contributed by atoms with Crippen LogP contribution in [0, 0.1) is 5.82 Å². The first kappa shape index (κ1) is 13.6.